The van der Waals surface area contributed by atoms with Gasteiger partial charge in [0.25, 0.3) is 0 Å². The zero-order valence-corrected chi connectivity index (χ0v) is 22.6. The third-order valence-electron chi connectivity index (χ3n) is 8.43. The average Bonchev–Trinajstić information content (AvgIpc) is 3.24. The normalized spacial score (nSPS) is 18.8. The van der Waals surface area contributed by atoms with Crippen LogP contribution in [-0.2, 0) is 17.8 Å². The fourth-order valence-electron chi connectivity index (χ4n) is 6.37. The van der Waals surface area contributed by atoms with Gasteiger partial charge in [-0.05, 0) is 63.4 Å². The van der Waals surface area contributed by atoms with Gasteiger partial charge in [0.1, 0.15) is 17.5 Å². The Morgan fingerprint density at radius 2 is 1.59 bits per heavy atom. The van der Waals surface area contributed by atoms with Crippen molar-refractivity contribution < 1.29 is 18.0 Å². The lowest BCUT2D eigenvalue weighted by atomic mass is 9.93. The largest absolute Gasteiger partial charge is 0.368 e. The highest BCUT2D eigenvalue weighted by Gasteiger charge is 2.34. The molecular weight excluding hydrogens is 535 g/mol. The molecule has 1 aromatic carbocycles. The van der Waals surface area contributed by atoms with E-state index in [9.17, 15) is 22.8 Å². The van der Waals surface area contributed by atoms with Gasteiger partial charge in [-0.25, -0.2) is 27.9 Å². The standard InChI is InChI=1S/C29H32F3N7O2/c30-20-1-2-25-26(14-20)39(24-12-21(31)11-22(32)13-24)29(41)38(25)23-5-9-37(10-6-23)27(40)19-3-7-36(8-4-19)17-18-15-34-28(33)35-16-18/h11-16,19,23H,1-10,17H2,(H2,33,34,35). The zero-order chi connectivity index (χ0) is 28.7. The molecule has 2 N–H and O–H groups in total. The van der Waals surface area contributed by atoms with Gasteiger partial charge in [-0.1, -0.05) is 0 Å². The Labute approximate surface area is 235 Å². The van der Waals surface area contributed by atoms with Crippen LogP contribution in [0.2, 0.25) is 0 Å². The maximum absolute atomic E-state index is 14.3. The highest BCUT2D eigenvalue weighted by Crippen LogP contribution is 2.32. The monoisotopic (exact) mass is 567 g/mol. The van der Waals surface area contributed by atoms with E-state index < -0.39 is 17.3 Å². The highest BCUT2D eigenvalue weighted by molar-refractivity contribution is 5.79. The molecule has 2 aliphatic heterocycles. The lowest BCUT2D eigenvalue weighted by Gasteiger charge is -2.37. The Bertz CT molecular complexity index is 1510. The van der Waals surface area contributed by atoms with E-state index in [1.807, 2.05) is 4.90 Å². The van der Waals surface area contributed by atoms with Gasteiger partial charge in [-0.15, -0.1) is 0 Å². The number of amides is 1. The molecule has 3 aliphatic rings. The minimum Gasteiger partial charge on any atom is -0.368 e. The number of rotatable bonds is 5. The number of halogens is 3. The van der Waals surface area contributed by atoms with E-state index in [1.165, 1.54) is 10.6 Å². The third-order valence-corrected chi connectivity index (χ3v) is 8.43. The molecule has 3 aromatic rings. The molecule has 41 heavy (non-hydrogen) atoms. The van der Waals surface area contributed by atoms with E-state index in [0.717, 1.165) is 49.7 Å². The lowest BCUT2D eigenvalue weighted by Crippen LogP contribution is -2.46. The molecule has 9 nitrogen and oxygen atoms in total. The van der Waals surface area contributed by atoms with Crippen molar-refractivity contribution in [2.75, 3.05) is 31.9 Å². The zero-order valence-electron chi connectivity index (χ0n) is 22.6. The van der Waals surface area contributed by atoms with Crippen molar-refractivity contribution in [3.8, 4) is 5.69 Å². The Morgan fingerprint density at radius 1 is 0.927 bits per heavy atom. The Kier molecular flexibility index (Phi) is 7.41. The Hall–Kier alpha value is -3.93. The maximum Gasteiger partial charge on any atom is 0.333 e. The number of carbonyl (C=O) groups excluding carboxylic acids is 1. The number of benzene rings is 1. The van der Waals surface area contributed by atoms with Gasteiger partial charge in [0.05, 0.1) is 11.4 Å². The van der Waals surface area contributed by atoms with Crippen molar-refractivity contribution in [2.24, 2.45) is 5.92 Å². The van der Waals surface area contributed by atoms with E-state index in [2.05, 4.69) is 14.9 Å². The molecule has 0 atom stereocenters. The molecule has 1 amide bonds. The summed E-state index contributed by atoms with van der Waals surface area (Å²) in [4.78, 5) is 39.3. The molecule has 6 rings (SSSR count). The smallest absolute Gasteiger partial charge is 0.333 e. The molecule has 0 saturated carbocycles. The maximum atomic E-state index is 14.3. The number of likely N-dealkylation sites (tertiary alicyclic amines) is 2. The molecule has 0 radical (unpaired) electrons. The van der Waals surface area contributed by atoms with Gasteiger partial charge in [0.2, 0.25) is 11.9 Å². The summed E-state index contributed by atoms with van der Waals surface area (Å²) in [6.45, 7) is 3.34. The van der Waals surface area contributed by atoms with Crippen LogP contribution in [0.15, 0.2) is 41.2 Å². The summed E-state index contributed by atoms with van der Waals surface area (Å²) >= 11 is 0. The predicted octanol–water partition coefficient (Wildman–Crippen LogP) is 3.62. The topological polar surface area (TPSA) is 102 Å². The average molecular weight is 568 g/mol. The number of carbonyl (C=O) groups is 1. The number of allylic oxidation sites excluding steroid dienone is 1. The van der Waals surface area contributed by atoms with E-state index in [0.29, 0.717) is 50.3 Å². The second kappa shape index (κ2) is 11.2. The Morgan fingerprint density at radius 3 is 2.24 bits per heavy atom. The fraction of sp³-hybridized carbons (Fsp3) is 0.448. The van der Waals surface area contributed by atoms with E-state index in [4.69, 9.17) is 5.73 Å². The van der Waals surface area contributed by atoms with Crippen molar-refractivity contribution in [2.45, 2.75) is 51.1 Å². The number of nitrogens with two attached hydrogens (primary N) is 1. The van der Waals surface area contributed by atoms with Gasteiger partial charge in [-0.2, -0.15) is 0 Å². The summed E-state index contributed by atoms with van der Waals surface area (Å²) in [5, 5.41) is 0. The van der Waals surface area contributed by atoms with Crippen molar-refractivity contribution in [3.63, 3.8) is 0 Å². The van der Waals surface area contributed by atoms with Crippen molar-refractivity contribution in [3.05, 3.63) is 75.5 Å². The Balaban J connectivity index is 1.13. The first-order valence-electron chi connectivity index (χ1n) is 14.0. The molecule has 0 unspecified atom stereocenters. The molecule has 1 aliphatic carbocycles. The molecule has 2 aromatic heterocycles. The van der Waals surface area contributed by atoms with Crippen LogP contribution >= 0.6 is 0 Å². The van der Waals surface area contributed by atoms with Crippen LogP contribution in [0.1, 0.15) is 55.1 Å². The number of aromatic nitrogens is 4. The number of nitrogen functional groups attached to an aromatic ring is 1. The molecule has 216 valence electrons. The molecular formula is C29H32F3N7O2. The van der Waals surface area contributed by atoms with Crippen molar-refractivity contribution in [1.29, 1.82) is 0 Å². The number of fused-ring (bicyclic) bond motifs is 1. The number of nitrogens with zero attached hydrogens (tertiary/aromatic N) is 6. The summed E-state index contributed by atoms with van der Waals surface area (Å²) < 4.78 is 45.2. The number of hydrogen-bond donors (Lipinski definition) is 1. The van der Waals surface area contributed by atoms with Crippen LogP contribution < -0.4 is 11.4 Å². The SMILES string of the molecule is Nc1ncc(CN2CCC(C(=O)N3CCC(n4c5c(n(-c6cc(F)cc(F)c6)c4=O)C=C(F)CC5)CC3)CC2)cn1. The summed E-state index contributed by atoms with van der Waals surface area (Å²) in [5.41, 5.74) is 7.10. The quantitative estimate of drug-likeness (QED) is 0.506. The van der Waals surface area contributed by atoms with E-state index in [-0.39, 0.29) is 41.8 Å². The second-order valence-electron chi connectivity index (χ2n) is 11.1. The van der Waals surface area contributed by atoms with Crippen LogP contribution in [0.4, 0.5) is 19.1 Å². The molecule has 0 spiro atoms. The third kappa shape index (κ3) is 5.52. The van der Waals surface area contributed by atoms with Gasteiger partial charge in [0.15, 0.2) is 0 Å². The molecule has 12 heteroatoms. The predicted molar refractivity (Wildman–Crippen MR) is 147 cm³/mol. The number of hydrogen-bond acceptors (Lipinski definition) is 6. The molecule has 2 fully saturated rings. The fourth-order valence-corrected chi connectivity index (χ4v) is 6.37. The van der Waals surface area contributed by atoms with Crippen molar-refractivity contribution in [1.82, 2.24) is 28.9 Å². The van der Waals surface area contributed by atoms with Crippen LogP contribution in [0.3, 0.4) is 0 Å². The van der Waals surface area contributed by atoms with Gasteiger partial charge in [-0.3, -0.25) is 18.8 Å². The number of imidazole rings is 1. The first-order valence-corrected chi connectivity index (χ1v) is 14.0. The summed E-state index contributed by atoms with van der Waals surface area (Å²) in [6.07, 6.45) is 7.90. The molecule has 4 heterocycles. The van der Waals surface area contributed by atoms with Crippen LogP contribution in [0, 0.1) is 17.6 Å². The summed E-state index contributed by atoms with van der Waals surface area (Å²) in [6, 6.07) is 2.69. The first kappa shape index (κ1) is 27.3. The van der Waals surface area contributed by atoms with E-state index in [1.54, 1.807) is 17.0 Å². The van der Waals surface area contributed by atoms with Gasteiger partial charge in [0, 0.05) is 67.7 Å². The van der Waals surface area contributed by atoms with E-state index >= 15 is 0 Å². The molecule has 0 bridgehead atoms. The van der Waals surface area contributed by atoms with Crippen LogP contribution in [0.5, 0.6) is 0 Å². The number of piperidine rings is 2. The minimum absolute atomic E-state index is 0.0244. The summed E-state index contributed by atoms with van der Waals surface area (Å²) in [7, 11) is 0. The second-order valence-corrected chi connectivity index (χ2v) is 11.1. The van der Waals surface area contributed by atoms with Crippen LogP contribution in [-0.4, -0.2) is 61.0 Å². The van der Waals surface area contributed by atoms with Gasteiger partial charge < -0.3 is 10.6 Å². The van der Waals surface area contributed by atoms with Gasteiger partial charge >= 0.3 is 5.69 Å². The van der Waals surface area contributed by atoms with Crippen molar-refractivity contribution >= 4 is 17.9 Å². The highest BCUT2D eigenvalue weighted by atomic mass is 19.1. The summed E-state index contributed by atoms with van der Waals surface area (Å²) in [5.74, 6) is -1.66. The molecule has 2 saturated heterocycles. The first-order chi connectivity index (χ1) is 19.8. The number of anilines is 1. The lowest BCUT2D eigenvalue weighted by molar-refractivity contribution is -0.138. The minimum atomic E-state index is -0.814. The van der Waals surface area contributed by atoms with Crippen LogP contribution in [0.25, 0.3) is 11.8 Å².